The summed E-state index contributed by atoms with van der Waals surface area (Å²) >= 11 is 0. The largest absolute Gasteiger partial charge is 0.493 e. The second-order valence-corrected chi connectivity index (χ2v) is 5.68. The van der Waals surface area contributed by atoms with Gasteiger partial charge in [0.2, 0.25) is 5.91 Å². The van der Waals surface area contributed by atoms with Crippen molar-refractivity contribution in [3.05, 3.63) is 59.7 Å². The molecule has 0 atom stereocenters. The highest BCUT2D eigenvalue weighted by molar-refractivity contribution is 6.02. The van der Waals surface area contributed by atoms with E-state index < -0.39 is 0 Å². The fourth-order valence-electron chi connectivity index (χ4n) is 2.42. The molecule has 2 rings (SSSR count). The highest BCUT2D eigenvalue weighted by Gasteiger charge is 2.07. The number of anilines is 1. The number of hydrogen-bond acceptors (Lipinski definition) is 3. The van der Waals surface area contributed by atoms with Gasteiger partial charge in [-0.3, -0.25) is 4.79 Å². The lowest BCUT2D eigenvalue weighted by Gasteiger charge is -2.12. The van der Waals surface area contributed by atoms with E-state index >= 15 is 0 Å². The number of rotatable bonds is 6. The highest BCUT2D eigenvalue weighted by Crippen LogP contribution is 2.28. The Kier molecular flexibility index (Phi) is 6.01. The minimum Gasteiger partial charge on any atom is -0.493 e. The lowest BCUT2D eigenvalue weighted by Crippen LogP contribution is -2.10. The van der Waals surface area contributed by atoms with Gasteiger partial charge >= 0.3 is 0 Å². The van der Waals surface area contributed by atoms with E-state index in [-0.39, 0.29) is 5.91 Å². The number of methoxy groups -OCH3 is 2. The summed E-state index contributed by atoms with van der Waals surface area (Å²) in [5.41, 5.74) is 2.82. The molecule has 0 spiro atoms. The Morgan fingerprint density at radius 2 is 1.75 bits per heavy atom. The second-order valence-electron chi connectivity index (χ2n) is 5.68. The molecule has 2 aromatic rings. The zero-order chi connectivity index (χ0) is 17.5. The third-order valence-electron chi connectivity index (χ3n) is 3.68. The molecule has 0 bridgehead atoms. The van der Waals surface area contributed by atoms with E-state index in [4.69, 9.17) is 9.47 Å². The molecule has 24 heavy (non-hydrogen) atoms. The fraction of sp³-hybridized carbons (Fsp3) is 0.250. The average molecular weight is 325 g/mol. The number of benzene rings is 2. The van der Waals surface area contributed by atoms with Gasteiger partial charge in [0.25, 0.3) is 0 Å². The van der Waals surface area contributed by atoms with Crippen LogP contribution in [-0.2, 0) is 4.79 Å². The van der Waals surface area contributed by atoms with Crippen molar-refractivity contribution in [2.45, 2.75) is 19.8 Å². The van der Waals surface area contributed by atoms with E-state index in [1.54, 1.807) is 20.3 Å². The molecule has 0 heterocycles. The van der Waals surface area contributed by atoms with Crippen LogP contribution in [0, 0.1) is 0 Å². The number of para-hydroxylation sites is 1. The van der Waals surface area contributed by atoms with Crippen LogP contribution in [0.3, 0.4) is 0 Å². The molecule has 1 N–H and O–H groups in total. The quantitative estimate of drug-likeness (QED) is 0.797. The molecule has 0 saturated heterocycles. The van der Waals surface area contributed by atoms with Crippen LogP contribution in [0.1, 0.15) is 30.9 Å². The molecule has 126 valence electrons. The van der Waals surface area contributed by atoms with Crippen LogP contribution < -0.4 is 14.8 Å². The Morgan fingerprint density at radius 1 is 1.04 bits per heavy atom. The first kappa shape index (κ1) is 17.6. The van der Waals surface area contributed by atoms with E-state index in [0.717, 1.165) is 16.8 Å². The standard InChI is InChI=1S/C20H23NO3/c1-14(2)16-7-5-6-8-17(16)21-20(22)12-10-15-9-11-18(23-3)19(13-15)24-4/h5-14H,1-4H3,(H,21,22)/b12-10+. The maximum atomic E-state index is 12.2. The molecule has 0 radical (unpaired) electrons. The molecule has 4 heteroatoms. The Morgan fingerprint density at radius 3 is 2.42 bits per heavy atom. The Bertz CT molecular complexity index is 735. The summed E-state index contributed by atoms with van der Waals surface area (Å²) in [5, 5.41) is 2.93. The predicted molar refractivity (Wildman–Crippen MR) is 97.7 cm³/mol. The van der Waals surface area contributed by atoms with E-state index in [9.17, 15) is 4.79 Å². The van der Waals surface area contributed by atoms with Crippen molar-refractivity contribution in [2.75, 3.05) is 19.5 Å². The number of nitrogens with one attached hydrogen (secondary N) is 1. The van der Waals surface area contributed by atoms with Crippen molar-refractivity contribution in [2.24, 2.45) is 0 Å². The Labute approximate surface area is 143 Å². The van der Waals surface area contributed by atoms with Crippen LogP contribution in [0.5, 0.6) is 11.5 Å². The summed E-state index contributed by atoms with van der Waals surface area (Å²) in [6.45, 7) is 4.20. The lowest BCUT2D eigenvalue weighted by atomic mass is 10.0. The van der Waals surface area contributed by atoms with Crippen LogP contribution in [0.2, 0.25) is 0 Å². The smallest absolute Gasteiger partial charge is 0.248 e. The molecule has 0 aliphatic heterocycles. The maximum absolute atomic E-state index is 12.2. The monoisotopic (exact) mass is 325 g/mol. The van der Waals surface area contributed by atoms with Gasteiger partial charge in [0.05, 0.1) is 14.2 Å². The third-order valence-corrected chi connectivity index (χ3v) is 3.68. The summed E-state index contributed by atoms with van der Waals surface area (Å²) in [5.74, 6) is 1.46. The van der Waals surface area contributed by atoms with Crippen LogP contribution in [-0.4, -0.2) is 20.1 Å². The first-order valence-corrected chi connectivity index (χ1v) is 7.85. The van der Waals surface area contributed by atoms with Crippen LogP contribution in [0.15, 0.2) is 48.5 Å². The second kappa shape index (κ2) is 8.20. The number of carbonyl (C=O) groups excluding carboxylic acids is 1. The summed E-state index contributed by atoms with van der Waals surface area (Å²) < 4.78 is 10.5. The predicted octanol–water partition coefficient (Wildman–Crippen LogP) is 4.48. The number of amides is 1. The van der Waals surface area contributed by atoms with E-state index in [2.05, 4.69) is 19.2 Å². The van der Waals surface area contributed by atoms with Gasteiger partial charge in [-0.1, -0.05) is 38.1 Å². The molecule has 0 aliphatic carbocycles. The minimum atomic E-state index is -0.169. The lowest BCUT2D eigenvalue weighted by molar-refractivity contribution is -0.111. The third kappa shape index (κ3) is 4.38. The zero-order valence-corrected chi connectivity index (χ0v) is 14.5. The molecule has 0 fully saturated rings. The molecule has 0 aliphatic rings. The van der Waals surface area contributed by atoms with Gasteiger partial charge < -0.3 is 14.8 Å². The number of ether oxygens (including phenoxy) is 2. The van der Waals surface area contributed by atoms with Gasteiger partial charge in [0.1, 0.15) is 0 Å². The molecule has 0 saturated carbocycles. The molecular formula is C20H23NO3. The summed E-state index contributed by atoms with van der Waals surface area (Å²) in [6, 6.07) is 13.3. The van der Waals surface area contributed by atoms with Crippen LogP contribution >= 0.6 is 0 Å². The normalized spacial score (nSPS) is 10.9. The summed E-state index contributed by atoms with van der Waals surface area (Å²) in [4.78, 5) is 12.2. The molecule has 0 aromatic heterocycles. The zero-order valence-electron chi connectivity index (χ0n) is 14.5. The number of carbonyl (C=O) groups is 1. The molecule has 2 aromatic carbocycles. The van der Waals surface area contributed by atoms with Crippen molar-refractivity contribution >= 4 is 17.7 Å². The number of hydrogen-bond donors (Lipinski definition) is 1. The van der Waals surface area contributed by atoms with E-state index in [0.29, 0.717) is 17.4 Å². The van der Waals surface area contributed by atoms with Gasteiger partial charge in [-0.05, 0) is 41.3 Å². The van der Waals surface area contributed by atoms with Crippen LogP contribution in [0.25, 0.3) is 6.08 Å². The van der Waals surface area contributed by atoms with Crippen molar-refractivity contribution in [1.82, 2.24) is 0 Å². The van der Waals surface area contributed by atoms with Crippen molar-refractivity contribution in [1.29, 1.82) is 0 Å². The van der Waals surface area contributed by atoms with Gasteiger partial charge in [-0.2, -0.15) is 0 Å². The first-order valence-electron chi connectivity index (χ1n) is 7.85. The van der Waals surface area contributed by atoms with Crippen molar-refractivity contribution in [3.8, 4) is 11.5 Å². The Balaban J connectivity index is 2.11. The maximum Gasteiger partial charge on any atom is 0.248 e. The van der Waals surface area contributed by atoms with Crippen molar-refractivity contribution in [3.63, 3.8) is 0 Å². The highest BCUT2D eigenvalue weighted by atomic mass is 16.5. The molecule has 1 amide bonds. The average Bonchev–Trinajstić information content (AvgIpc) is 2.59. The fourth-order valence-corrected chi connectivity index (χ4v) is 2.42. The van der Waals surface area contributed by atoms with E-state index in [1.807, 2.05) is 42.5 Å². The van der Waals surface area contributed by atoms with Gasteiger partial charge in [-0.15, -0.1) is 0 Å². The van der Waals surface area contributed by atoms with Crippen LogP contribution in [0.4, 0.5) is 5.69 Å². The molecule has 0 unspecified atom stereocenters. The minimum absolute atomic E-state index is 0.169. The topological polar surface area (TPSA) is 47.6 Å². The van der Waals surface area contributed by atoms with Crippen molar-refractivity contribution < 1.29 is 14.3 Å². The molecule has 4 nitrogen and oxygen atoms in total. The van der Waals surface area contributed by atoms with Gasteiger partial charge in [0, 0.05) is 11.8 Å². The van der Waals surface area contributed by atoms with Gasteiger partial charge in [-0.25, -0.2) is 0 Å². The summed E-state index contributed by atoms with van der Waals surface area (Å²) in [7, 11) is 3.17. The van der Waals surface area contributed by atoms with E-state index in [1.165, 1.54) is 6.08 Å². The van der Waals surface area contributed by atoms with Gasteiger partial charge in [0.15, 0.2) is 11.5 Å². The summed E-state index contributed by atoms with van der Waals surface area (Å²) in [6.07, 6.45) is 3.26. The Hall–Kier alpha value is -2.75. The molecular weight excluding hydrogens is 302 g/mol. The first-order chi connectivity index (χ1) is 11.5. The SMILES string of the molecule is COc1ccc(/C=C/C(=O)Nc2ccccc2C(C)C)cc1OC.